The number of nitrogens with two attached hydrogens (primary N) is 1. The molecule has 0 aliphatic heterocycles. The van der Waals surface area contributed by atoms with Gasteiger partial charge >= 0.3 is 5.97 Å². The fourth-order valence-corrected chi connectivity index (χ4v) is 4.63. The second kappa shape index (κ2) is 8.43. The highest BCUT2D eigenvalue weighted by molar-refractivity contribution is 7.20. The number of halogens is 1. The number of quaternary nitrogens is 1. The molecule has 2 heterocycles. The average molecular weight is 421 g/mol. The fourth-order valence-electron chi connectivity index (χ4n) is 3.24. The Balaban J connectivity index is 1.92. The number of nitrogens with one attached hydrogen (secondary N) is 1. The molecule has 0 saturated carbocycles. The van der Waals surface area contributed by atoms with Crippen LogP contribution in [0.5, 0.6) is 0 Å². The van der Waals surface area contributed by atoms with Gasteiger partial charge < -0.3 is 15.0 Å². The molecule has 3 N–H and O–H groups in total. The molecule has 28 heavy (non-hydrogen) atoms. The van der Waals surface area contributed by atoms with Gasteiger partial charge in [-0.2, -0.15) is 0 Å². The lowest BCUT2D eigenvalue weighted by Gasteiger charge is -2.17. The predicted molar refractivity (Wildman–Crippen MR) is 111 cm³/mol. The Morgan fingerprint density at radius 1 is 1.32 bits per heavy atom. The molecule has 148 valence electrons. The number of aromatic nitrogens is 2. The normalized spacial score (nSPS) is 13.5. The van der Waals surface area contributed by atoms with E-state index < -0.39 is 5.97 Å². The molecule has 8 heteroatoms. The molecule has 0 saturated heterocycles. The summed E-state index contributed by atoms with van der Waals surface area (Å²) in [4.78, 5) is 33.2. The van der Waals surface area contributed by atoms with Gasteiger partial charge in [-0.25, -0.2) is 9.78 Å². The molecule has 0 unspecified atom stereocenters. The first kappa shape index (κ1) is 20.5. The van der Waals surface area contributed by atoms with E-state index in [1.54, 1.807) is 13.8 Å². The number of H-pyrrole nitrogens is 1. The quantitative estimate of drug-likeness (QED) is 0.597. The molecule has 2 atom stereocenters. The molecule has 3 rings (SSSR count). The first-order valence-electron chi connectivity index (χ1n) is 9.13. The number of hydrogen-bond acceptors (Lipinski definition) is 5. The molecule has 0 aliphatic rings. The van der Waals surface area contributed by atoms with Crippen LogP contribution in [0.1, 0.15) is 59.5 Å². The number of aryl methyl sites for hydroxylation is 1. The van der Waals surface area contributed by atoms with Crippen molar-refractivity contribution in [2.45, 2.75) is 39.8 Å². The molecule has 0 bridgehead atoms. The third kappa shape index (κ3) is 3.97. The van der Waals surface area contributed by atoms with Crippen LogP contribution in [0.25, 0.3) is 10.2 Å². The van der Waals surface area contributed by atoms with Crippen LogP contribution in [0, 0.1) is 6.92 Å². The summed E-state index contributed by atoms with van der Waals surface area (Å²) in [6.45, 7) is 7.82. The van der Waals surface area contributed by atoms with E-state index in [1.807, 2.05) is 31.2 Å². The number of ether oxygens (including phenoxy) is 1. The van der Waals surface area contributed by atoms with Crippen LogP contribution in [-0.4, -0.2) is 22.5 Å². The van der Waals surface area contributed by atoms with E-state index >= 15 is 0 Å². The zero-order valence-corrected chi connectivity index (χ0v) is 17.8. The van der Waals surface area contributed by atoms with Crippen LogP contribution >= 0.6 is 22.9 Å². The predicted octanol–water partition coefficient (Wildman–Crippen LogP) is 3.51. The molecule has 0 amide bonds. The molecular weight excluding hydrogens is 398 g/mol. The highest BCUT2D eigenvalue weighted by Crippen LogP contribution is 2.28. The standard InChI is InChI=1S/C20H22ClN3O3S/c1-5-27-20(26)16-10(2)15-18(25)23-17(24-19(15)28-16)12(4)22-11(3)13-8-6-7-9-14(13)21/h6-9,11-12,22H,5H2,1-4H3,(H,23,24,25)/p+1/t11-,12-/m0/s1. The molecule has 0 spiro atoms. The molecule has 3 aromatic rings. The van der Waals surface area contributed by atoms with E-state index in [1.165, 1.54) is 11.3 Å². The first-order valence-corrected chi connectivity index (χ1v) is 10.3. The number of carbonyl (C=O) groups is 1. The van der Waals surface area contributed by atoms with Crippen LogP contribution in [0.2, 0.25) is 5.02 Å². The maximum absolute atomic E-state index is 12.7. The Kier molecular flexibility index (Phi) is 6.17. The molecule has 0 fully saturated rings. The van der Waals surface area contributed by atoms with Crippen LogP contribution in [0.3, 0.4) is 0 Å². The van der Waals surface area contributed by atoms with Gasteiger partial charge in [0, 0.05) is 10.6 Å². The van der Waals surface area contributed by atoms with Crippen molar-refractivity contribution in [3.8, 4) is 0 Å². The van der Waals surface area contributed by atoms with Crippen LogP contribution < -0.4 is 10.9 Å². The van der Waals surface area contributed by atoms with Gasteiger partial charge in [-0.1, -0.05) is 29.8 Å². The summed E-state index contributed by atoms with van der Waals surface area (Å²) >= 11 is 7.49. The highest BCUT2D eigenvalue weighted by Gasteiger charge is 2.23. The molecule has 0 radical (unpaired) electrons. The number of carbonyl (C=O) groups excluding carboxylic acids is 1. The number of benzene rings is 1. The molecule has 0 aliphatic carbocycles. The summed E-state index contributed by atoms with van der Waals surface area (Å²) in [6, 6.07) is 7.69. The lowest BCUT2D eigenvalue weighted by atomic mass is 10.1. The van der Waals surface area contributed by atoms with Gasteiger partial charge in [0.25, 0.3) is 5.56 Å². The van der Waals surface area contributed by atoms with E-state index in [2.05, 4.69) is 22.2 Å². The lowest BCUT2D eigenvalue weighted by Crippen LogP contribution is -2.85. The minimum atomic E-state index is -0.420. The largest absolute Gasteiger partial charge is 0.462 e. The van der Waals surface area contributed by atoms with Crippen molar-refractivity contribution in [1.29, 1.82) is 0 Å². The van der Waals surface area contributed by atoms with Crippen molar-refractivity contribution in [3.05, 3.63) is 61.5 Å². The minimum absolute atomic E-state index is 0.0878. The zero-order valence-electron chi connectivity index (χ0n) is 16.2. The van der Waals surface area contributed by atoms with Gasteiger partial charge in [0.05, 0.1) is 12.0 Å². The summed E-state index contributed by atoms with van der Waals surface area (Å²) in [6.07, 6.45) is 0. The summed E-state index contributed by atoms with van der Waals surface area (Å²) in [5.41, 5.74) is 1.39. The Morgan fingerprint density at radius 3 is 2.71 bits per heavy atom. The van der Waals surface area contributed by atoms with Gasteiger partial charge in [-0.3, -0.25) is 4.79 Å². The third-order valence-electron chi connectivity index (χ3n) is 4.68. The summed E-state index contributed by atoms with van der Waals surface area (Å²) in [7, 11) is 0. The molecule has 6 nitrogen and oxygen atoms in total. The Labute approximate surface area is 171 Å². The van der Waals surface area contributed by atoms with Crippen molar-refractivity contribution >= 4 is 39.1 Å². The van der Waals surface area contributed by atoms with Crippen molar-refractivity contribution in [3.63, 3.8) is 0 Å². The third-order valence-corrected chi connectivity index (χ3v) is 6.19. The average Bonchev–Trinajstić information content (AvgIpc) is 2.99. The van der Waals surface area contributed by atoms with Gasteiger partial charge in [0.15, 0.2) is 5.82 Å². The second-order valence-corrected chi connectivity index (χ2v) is 8.11. The van der Waals surface area contributed by atoms with Crippen molar-refractivity contribution in [2.75, 3.05) is 6.61 Å². The number of esters is 1. The van der Waals surface area contributed by atoms with Crippen LogP contribution in [-0.2, 0) is 4.74 Å². The number of thiophene rings is 1. The van der Waals surface area contributed by atoms with Crippen LogP contribution in [0.15, 0.2) is 29.1 Å². The SMILES string of the molecule is CCOC(=O)c1sc2nc([C@H](C)[NH2+][C@@H](C)c3ccccc3Cl)[nH]c(=O)c2c1C. The summed E-state index contributed by atoms with van der Waals surface area (Å²) < 4.78 is 5.08. The molecule has 2 aromatic heterocycles. The number of rotatable bonds is 6. The zero-order chi connectivity index (χ0) is 20.4. The fraction of sp³-hybridized carbons (Fsp3) is 0.350. The smallest absolute Gasteiger partial charge is 0.348 e. The van der Waals surface area contributed by atoms with E-state index in [4.69, 9.17) is 16.3 Å². The van der Waals surface area contributed by atoms with E-state index in [0.29, 0.717) is 31.5 Å². The summed E-state index contributed by atoms with van der Waals surface area (Å²) in [5.74, 6) is 0.143. The first-order chi connectivity index (χ1) is 13.3. The van der Waals surface area contributed by atoms with Gasteiger partial charge in [-0.15, -0.1) is 11.3 Å². The van der Waals surface area contributed by atoms with Crippen LogP contribution in [0.4, 0.5) is 0 Å². The highest BCUT2D eigenvalue weighted by atomic mass is 35.5. The van der Waals surface area contributed by atoms with E-state index in [9.17, 15) is 9.59 Å². The number of fused-ring (bicyclic) bond motifs is 1. The Bertz CT molecular complexity index is 1080. The van der Waals surface area contributed by atoms with Crippen molar-refractivity contribution in [2.24, 2.45) is 0 Å². The number of hydrogen-bond donors (Lipinski definition) is 2. The van der Waals surface area contributed by atoms with Gasteiger partial charge in [0.1, 0.15) is 21.8 Å². The van der Waals surface area contributed by atoms with Gasteiger partial charge in [0.2, 0.25) is 0 Å². The number of nitrogens with zero attached hydrogens (tertiary/aromatic N) is 1. The maximum Gasteiger partial charge on any atom is 0.348 e. The van der Waals surface area contributed by atoms with Crippen molar-refractivity contribution in [1.82, 2.24) is 9.97 Å². The minimum Gasteiger partial charge on any atom is -0.462 e. The number of aromatic amines is 1. The van der Waals surface area contributed by atoms with E-state index in [-0.39, 0.29) is 24.2 Å². The van der Waals surface area contributed by atoms with Crippen molar-refractivity contribution < 1.29 is 14.8 Å². The van der Waals surface area contributed by atoms with E-state index in [0.717, 1.165) is 5.56 Å². The summed E-state index contributed by atoms with van der Waals surface area (Å²) in [5, 5.41) is 3.25. The van der Waals surface area contributed by atoms with Gasteiger partial charge in [-0.05, 0) is 39.3 Å². The molecule has 1 aromatic carbocycles. The lowest BCUT2D eigenvalue weighted by molar-refractivity contribution is -0.729. The second-order valence-electron chi connectivity index (χ2n) is 6.70. The Morgan fingerprint density at radius 2 is 2.04 bits per heavy atom. The maximum atomic E-state index is 12.7. The Hall–Kier alpha value is -2.22. The topological polar surface area (TPSA) is 88.7 Å². The molecular formula is C20H23ClN3O3S+. The monoisotopic (exact) mass is 420 g/mol.